The van der Waals surface area contributed by atoms with Crippen LogP contribution in [0, 0.1) is 29.6 Å². The van der Waals surface area contributed by atoms with Gasteiger partial charge in [-0.2, -0.15) is 4.31 Å². The Bertz CT molecular complexity index is 1020. The first-order valence-electron chi connectivity index (χ1n) is 11.7. The van der Waals surface area contributed by atoms with Gasteiger partial charge in [0.05, 0.1) is 13.2 Å². The number of nitrogens with zero attached hydrogens (tertiary/aromatic N) is 2. The van der Waals surface area contributed by atoms with Crippen molar-refractivity contribution in [2.75, 3.05) is 26.7 Å². The lowest BCUT2D eigenvalue weighted by Crippen LogP contribution is -2.50. The largest absolute Gasteiger partial charge is 0.487 e. The topological polar surface area (TPSA) is 87.2 Å². The number of aliphatic hydroxyl groups is 1. The van der Waals surface area contributed by atoms with Crippen LogP contribution >= 0.6 is 0 Å². The van der Waals surface area contributed by atoms with Crippen LogP contribution < -0.4 is 4.74 Å². The molecule has 0 aromatic heterocycles. The van der Waals surface area contributed by atoms with Crippen molar-refractivity contribution in [3.8, 4) is 17.6 Å². The minimum atomic E-state index is -3.89. The average molecular weight is 477 g/mol. The number of aliphatic hydroxyl groups excluding tert-OH is 1. The third-order valence-corrected chi connectivity index (χ3v) is 8.19. The van der Waals surface area contributed by atoms with Gasteiger partial charge in [-0.1, -0.05) is 32.6 Å². The standard InChI is InChI=1S/C25H36N2O5S/c1-17(2)7-6-8-20-9-12-24-22(13-20)32-23(15-26(5)25(29)21-10-11-21)18(3)14-27(19(4)16-28)33(24,30)31/h9,12-13,17-19,21,23,28H,7,10-11,14-16H2,1-5H3/t18-,19-,23+/m0/s1. The Morgan fingerprint density at radius 3 is 2.61 bits per heavy atom. The molecule has 3 atom stereocenters. The number of sulfonamides is 1. The second-order valence-corrected chi connectivity index (χ2v) is 11.7. The van der Waals surface area contributed by atoms with Crippen LogP contribution in [0.15, 0.2) is 23.1 Å². The molecule has 1 saturated carbocycles. The molecule has 182 valence electrons. The first-order chi connectivity index (χ1) is 15.5. The van der Waals surface area contributed by atoms with Crippen molar-refractivity contribution in [1.82, 2.24) is 9.21 Å². The summed E-state index contributed by atoms with van der Waals surface area (Å²) >= 11 is 0. The highest BCUT2D eigenvalue weighted by molar-refractivity contribution is 7.89. The quantitative estimate of drug-likeness (QED) is 0.638. The van der Waals surface area contributed by atoms with Crippen molar-refractivity contribution in [1.29, 1.82) is 0 Å². The van der Waals surface area contributed by atoms with Gasteiger partial charge in [0.2, 0.25) is 15.9 Å². The van der Waals surface area contributed by atoms with Gasteiger partial charge in [0.1, 0.15) is 16.7 Å². The second-order valence-electron chi connectivity index (χ2n) is 9.79. The molecule has 1 amide bonds. The van der Waals surface area contributed by atoms with Crippen molar-refractivity contribution in [2.24, 2.45) is 17.8 Å². The molecular weight excluding hydrogens is 440 g/mol. The molecule has 2 aliphatic rings. The number of hydrogen-bond acceptors (Lipinski definition) is 5. The summed E-state index contributed by atoms with van der Waals surface area (Å²) < 4.78 is 34.7. The van der Waals surface area contributed by atoms with Gasteiger partial charge in [-0.25, -0.2) is 8.42 Å². The smallest absolute Gasteiger partial charge is 0.247 e. The lowest BCUT2D eigenvalue weighted by atomic mass is 10.0. The zero-order valence-corrected chi connectivity index (χ0v) is 21.1. The molecule has 0 radical (unpaired) electrons. The number of hydrogen-bond donors (Lipinski definition) is 1. The minimum absolute atomic E-state index is 0.0604. The lowest BCUT2D eigenvalue weighted by molar-refractivity contribution is -0.132. The second kappa shape index (κ2) is 10.5. The van der Waals surface area contributed by atoms with E-state index in [2.05, 4.69) is 25.7 Å². The van der Waals surface area contributed by atoms with Gasteiger partial charge < -0.3 is 14.7 Å². The highest BCUT2D eigenvalue weighted by Gasteiger charge is 2.39. The van der Waals surface area contributed by atoms with E-state index in [9.17, 15) is 18.3 Å². The van der Waals surface area contributed by atoms with Gasteiger partial charge in [-0.05, 0) is 43.9 Å². The van der Waals surface area contributed by atoms with Crippen LogP contribution in [0.2, 0.25) is 0 Å². The van der Waals surface area contributed by atoms with Gasteiger partial charge in [0, 0.05) is 43.5 Å². The van der Waals surface area contributed by atoms with Gasteiger partial charge in [0.15, 0.2) is 0 Å². The minimum Gasteiger partial charge on any atom is -0.487 e. The lowest BCUT2D eigenvalue weighted by Gasteiger charge is -2.37. The van der Waals surface area contributed by atoms with Crippen LogP contribution in [0.5, 0.6) is 5.75 Å². The maximum Gasteiger partial charge on any atom is 0.247 e. The van der Waals surface area contributed by atoms with E-state index < -0.39 is 22.2 Å². The van der Waals surface area contributed by atoms with E-state index >= 15 is 0 Å². The molecule has 0 unspecified atom stereocenters. The predicted octanol–water partition coefficient (Wildman–Crippen LogP) is 2.72. The Morgan fingerprint density at radius 1 is 1.30 bits per heavy atom. The summed E-state index contributed by atoms with van der Waals surface area (Å²) in [5.41, 5.74) is 0.681. The molecule has 3 rings (SSSR count). The van der Waals surface area contributed by atoms with Gasteiger partial charge >= 0.3 is 0 Å². The molecule has 1 N–H and O–H groups in total. The molecule has 1 aliphatic carbocycles. The fourth-order valence-electron chi connectivity index (χ4n) is 3.88. The molecule has 1 heterocycles. The zero-order valence-electron chi connectivity index (χ0n) is 20.2. The molecule has 1 aliphatic heterocycles. The van der Waals surface area contributed by atoms with E-state index in [1.165, 1.54) is 10.4 Å². The van der Waals surface area contributed by atoms with Crippen molar-refractivity contribution in [3.05, 3.63) is 23.8 Å². The summed E-state index contributed by atoms with van der Waals surface area (Å²) in [4.78, 5) is 14.3. The van der Waals surface area contributed by atoms with E-state index in [-0.39, 0.29) is 41.5 Å². The molecule has 7 nitrogen and oxygen atoms in total. The number of ether oxygens (including phenoxy) is 1. The number of benzene rings is 1. The van der Waals surface area contributed by atoms with Gasteiger partial charge in [0.25, 0.3) is 0 Å². The summed E-state index contributed by atoms with van der Waals surface area (Å²) in [5.74, 6) is 6.91. The molecule has 33 heavy (non-hydrogen) atoms. The molecule has 1 aromatic rings. The average Bonchev–Trinajstić information content (AvgIpc) is 3.60. The summed E-state index contributed by atoms with van der Waals surface area (Å²) in [7, 11) is -2.12. The van der Waals surface area contributed by atoms with E-state index in [0.717, 1.165) is 19.3 Å². The third-order valence-electron chi connectivity index (χ3n) is 6.17. The van der Waals surface area contributed by atoms with Crippen LogP contribution in [-0.4, -0.2) is 67.5 Å². The highest BCUT2D eigenvalue weighted by Crippen LogP contribution is 2.35. The van der Waals surface area contributed by atoms with Gasteiger partial charge in [-0.3, -0.25) is 4.79 Å². The molecule has 0 bridgehead atoms. The molecule has 1 fully saturated rings. The van der Waals surface area contributed by atoms with Crippen molar-refractivity contribution in [3.63, 3.8) is 0 Å². The Balaban J connectivity index is 2.00. The van der Waals surface area contributed by atoms with Crippen LogP contribution in [-0.2, 0) is 14.8 Å². The fraction of sp³-hybridized carbons (Fsp3) is 0.640. The highest BCUT2D eigenvalue weighted by atomic mass is 32.2. The van der Waals surface area contributed by atoms with E-state index in [0.29, 0.717) is 18.0 Å². The Kier molecular flexibility index (Phi) is 8.09. The molecular formula is C25H36N2O5S. The number of amides is 1. The summed E-state index contributed by atoms with van der Waals surface area (Å²) in [5, 5.41) is 9.75. The van der Waals surface area contributed by atoms with E-state index in [4.69, 9.17) is 4.74 Å². The summed E-state index contributed by atoms with van der Waals surface area (Å²) in [6.07, 6.45) is 2.18. The summed E-state index contributed by atoms with van der Waals surface area (Å²) in [6, 6.07) is 4.32. The number of carbonyl (C=O) groups excluding carboxylic acids is 1. The number of rotatable bonds is 6. The number of fused-ring (bicyclic) bond motifs is 1. The van der Waals surface area contributed by atoms with Crippen molar-refractivity contribution in [2.45, 2.75) is 64.0 Å². The number of likely N-dealkylation sites (N-methyl/N-ethyl adjacent to an activating group) is 1. The van der Waals surface area contributed by atoms with E-state index in [1.54, 1.807) is 31.0 Å². The molecule has 0 spiro atoms. The fourth-order valence-corrected chi connectivity index (χ4v) is 5.71. The first kappa shape index (κ1) is 25.5. The Labute approximate surface area is 198 Å². The Hall–Kier alpha value is -2.08. The van der Waals surface area contributed by atoms with E-state index in [1.807, 2.05) is 6.92 Å². The molecule has 1 aromatic carbocycles. The normalized spacial score (nSPS) is 23.4. The van der Waals surface area contributed by atoms with Crippen molar-refractivity contribution >= 4 is 15.9 Å². The third kappa shape index (κ3) is 6.08. The maximum absolute atomic E-state index is 13.5. The molecule has 0 saturated heterocycles. The van der Waals surface area contributed by atoms with Crippen molar-refractivity contribution < 1.29 is 23.1 Å². The Morgan fingerprint density at radius 2 is 2.00 bits per heavy atom. The first-order valence-corrected chi connectivity index (χ1v) is 13.2. The summed E-state index contributed by atoms with van der Waals surface area (Å²) in [6.45, 7) is 8.06. The SMILES string of the molecule is CC(C)CC#Cc1ccc2c(c1)O[C@H](CN(C)C(=O)C1CC1)[C@@H](C)CN([C@@H](C)CO)S2(=O)=O. The number of carbonyl (C=O) groups is 1. The van der Waals surface area contributed by atoms with Crippen LogP contribution in [0.3, 0.4) is 0 Å². The molecule has 8 heteroatoms. The monoisotopic (exact) mass is 476 g/mol. The predicted molar refractivity (Wildman–Crippen MR) is 127 cm³/mol. The zero-order chi connectivity index (χ0) is 24.3. The van der Waals surface area contributed by atoms with Gasteiger partial charge in [-0.15, -0.1) is 0 Å². The van der Waals surface area contributed by atoms with Crippen LogP contribution in [0.25, 0.3) is 0 Å². The maximum atomic E-state index is 13.5. The van der Waals surface area contributed by atoms with Crippen LogP contribution in [0.1, 0.15) is 52.5 Å². The van der Waals surface area contributed by atoms with Crippen LogP contribution in [0.4, 0.5) is 0 Å².